The first-order chi connectivity index (χ1) is 6.79. The van der Waals surface area contributed by atoms with Gasteiger partial charge < -0.3 is 9.47 Å². The third-order valence-corrected chi connectivity index (χ3v) is 8.62. The molecular formula is C10H20O2P2. The van der Waals surface area contributed by atoms with E-state index in [1.165, 1.54) is 12.3 Å². The van der Waals surface area contributed by atoms with Crippen molar-refractivity contribution in [2.24, 2.45) is 0 Å². The largest absolute Gasteiger partial charge is 0.380 e. The zero-order valence-electron chi connectivity index (χ0n) is 9.11. The summed E-state index contributed by atoms with van der Waals surface area (Å²) < 4.78 is 11.3. The van der Waals surface area contributed by atoms with E-state index in [0.717, 1.165) is 37.7 Å². The highest BCUT2D eigenvalue weighted by molar-refractivity contribution is 7.62. The van der Waals surface area contributed by atoms with Crippen LogP contribution in [0.25, 0.3) is 0 Å². The van der Waals surface area contributed by atoms with Crippen molar-refractivity contribution in [3.63, 3.8) is 0 Å². The summed E-state index contributed by atoms with van der Waals surface area (Å²) in [4.78, 5) is 0. The molecule has 0 radical (unpaired) electrons. The number of ether oxygens (including phenoxy) is 2. The molecule has 82 valence electrons. The topological polar surface area (TPSA) is 18.5 Å². The third-order valence-electron chi connectivity index (χ3n) is 3.33. The van der Waals surface area contributed by atoms with Crippen molar-refractivity contribution in [2.45, 2.75) is 11.3 Å². The fraction of sp³-hybridized carbons (Fsp3) is 1.00. The average Bonchev–Trinajstić information content (AvgIpc) is 2.20. The molecule has 0 aromatic carbocycles. The lowest BCUT2D eigenvalue weighted by Crippen LogP contribution is -2.38. The molecule has 2 rings (SSSR count). The van der Waals surface area contributed by atoms with Crippen LogP contribution in [0, 0.1) is 0 Å². The highest BCUT2D eigenvalue weighted by Crippen LogP contribution is 2.52. The van der Waals surface area contributed by atoms with E-state index in [1.54, 1.807) is 0 Å². The van der Waals surface area contributed by atoms with E-state index in [0.29, 0.717) is 0 Å². The van der Waals surface area contributed by atoms with Gasteiger partial charge in [0.2, 0.25) is 0 Å². The van der Waals surface area contributed by atoms with Gasteiger partial charge in [0.25, 0.3) is 0 Å². The molecule has 14 heavy (non-hydrogen) atoms. The van der Waals surface area contributed by atoms with Crippen LogP contribution in [0.2, 0.25) is 0 Å². The van der Waals surface area contributed by atoms with Gasteiger partial charge >= 0.3 is 0 Å². The van der Waals surface area contributed by atoms with Gasteiger partial charge in [0.15, 0.2) is 0 Å². The maximum atomic E-state index is 5.63. The van der Waals surface area contributed by atoms with Crippen LogP contribution in [0.5, 0.6) is 0 Å². The number of hydrogen-bond acceptors (Lipinski definition) is 2. The molecule has 0 aromatic rings. The molecule has 0 N–H and O–H groups in total. The molecule has 4 atom stereocenters. The molecule has 2 aliphatic heterocycles. The van der Waals surface area contributed by atoms with Crippen molar-refractivity contribution in [1.29, 1.82) is 0 Å². The van der Waals surface area contributed by atoms with Crippen LogP contribution in [0.4, 0.5) is 0 Å². The summed E-state index contributed by atoms with van der Waals surface area (Å²) in [6, 6.07) is 0. The fourth-order valence-corrected chi connectivity index (χ4v) is 7.15. The van der Waals surface area contributed by atoms with Gasteiger partial charge in [-0.3, -0.25) is 0 Å². The molecule has 0 bridgehead atoms. The van der Waals surface area contributed by atoms with Crippen molar-refractivity contribution in [3.05, 3.63) is 0 Å². The minimum absolute atomic E-state index is 0.207. The van der Waals surface area contributed by atoms with Crippen LogP contribution in [0.1, 0.15) is 0 Å². The van der Waals surface area contributed by atoms with E-state index in [9.17, 15) is 0 Å². The van der Waals surface area contributed by atoms with Crippen molar-refractivity contribution in [3.8, 4) is 0 Å². The van der Waals surface area contributed by atoms with Crippen LogP contribution in [-0.2, 0) is 9.47 Å². The molecule has 4 heteroatoms. The van der Waals surface area contributed by atoms with Crippen LogP contribution in [-0.4, -0.2) is 63.4 Å². The molecule has 2 heterocycles. The van der Waals surface area contributed by atoms with Crippen LogP contribution >= 0.6 is 15.8 Å². The Hall–Kier alpha value is 0.780. The second-order valence-corrected chi connectivity index (χ2v) is 9.49. The Morgan fingerprint density at radius 2 is 1.29 bits per heavy atom. The normalized spacial score (nSPS) is 45.0. The van der Waals surface area contributed by atoms with Crippen molar-refractivity contribution < 1.29 is 9.47 Å². The molecule has 0 unspecified atom stereocenters. The minimum Gasteiger partial charge on any atom is -0.380 e. The first kappa shape index (κ1) is 11.3. The predicted molar refractivity (Wildman–Crippen MR) is 64.6 cm³/mol. The molecule has 2 fully saturated rings. The Morgan fingerprint density at radius 1 is 0.857 bits per heavy atom. The lowest BCUT2D eigenvalue weighted by atomic mass is 10.3. The van der Waals surface area contributed by atoms with Gasteiger partial charge in [-0.1, -0.05) is 0 Å². The summed E-state index contributed by atoms with van der Waals surface area (Å²) in [7, 11) is 0.413. The summed E-state index contributed by atoms with van der Waals surface area (Å²) in [5.74, 6) is 0. The number of rotatable bonds is 1. The molecule has 0 spiro atoms. The van der Waals surface area contributed by atoms with Gasteiger partial charge in [-0.2, -0.15) is 0 Å². The second kappa shape index (κ2) is 5.21. The van der Waals surface area contributed by atoms with Crippen molar-refractivity contribution in [2.75, 3.05) is 52.1 Å². The van der Waals surface area contributed by atoms with E-state index in [-0.39, 0.29) is 15.8 Å². The van der Waals surface area contributed by atoms with Gasteiger partial charge in [0, 0.05) is 11.3 Å². The fourth-order valence-electron chi connectivity index (χ4n) is 2.22. The summed E-state index contributed by atoms with van der Waals surface area (Å²) in [6.45, 7) is 8.88. The molecule has 2 nitrogen and oxygen atoms in total. The average molecular weight is 234 g/mol. The van der Waals surface area contributed by atoms with Crippen LogP contribution in [0.15, 0.2) is 0 Å². The monoisotopic (exact) mass is 234 g/mol. The first-order valence-electron chi connectivity index (χ1n) is 5.35. The van der Waals surface area contributed by atoms with E-state index < -0.39 is 0 Å². The number of hydrogen-bond donors (Lipinski definition) is 0. The minimum atomic E-state index is 0.207. The Balaban J connectivity index is 1.96. The van der Waals surface area contributed by atoms with E-state index in [1.807, 2.05) is 0 Å². The van der Waals surface area contributed by atoms with Gasteiger partial charge in [0.05, 0.1) is 26.4 Å². The lowest BCUT2D eigenvalue weighted by Gasteiger charge is -2.40. The molecule has 0 amide bonds. The van der Waals surface area contributed by atoms with Gasteiger partial charge in [-0.05, 0) is 25.7 Å². The van der Waals surface area contributed by atoms with Crippen LogP contribution in [0.3, 0.4) is 0 Å². The Morgan fingerprint density at radius 3 is 1.64 bits per heavy atom. The van der Waals surface area contributed by atoms with E-state index in [2.05, 4.69) is 13.3 Å². The molecule has 0 saturated carbocycles. The van der Waals surface area contributed by atoms with Gasteiger partial charge in [-0.25, -0.2) is 0 Å². The van der Waals surface area contributed by atoms with Crippen molar-refractivity contribution in [1.82, 2.24) is 0 Å². The Kier molecular flexibility index (Phi) is 4.20. The molecular weight excluding hydrogens is 214 g/mol. The second-order valence-electron chi connectivity index (χ2n) is 4.25. The molecule has 0 aliphatic carbocycles. The Labute approximate surface area is 89.2 Å². The standard InChI is InChI=1S/C10H20O2P2/c1-13-5-3-11-7-9(13)10-8-12-4-6-14(10)2/h9-10H,3-8H2,1-2H3/t9-,10-,13+,14+/m1/s1. The lowest BCUT2D eigenvalue weighted by molar-refractivity contribution is 0.109. The van der Waals surface area contributed by atoms with E-state index >= 15 is 0 Å². The first-order valence-corrected chi connectivity index (χ1v) is 9.43. The summed E-state index contributed by atoms with van der Waals surface area (Å²) in [5.41, 5.74) is 1.66. The Bertz CT molecular complexity index is 169. The molecule has 2 saturated heterocycles. The smallest absolute Gasteiger partial charge is 0.0540 e. The van der Waals surface area contributed by atoms with Gasteiger partial charge in [-0.15, -0.1) is 15.8 Å². The zero-order chi connectivity index (χ0) is 9.97. The van der Waals surface area contributed by atoms with Gasteiger partial charge in [0.1, 0.15) is 0 Å². The highest BCUT2D eigenvalue weighted by atomic mass is 31.1. The van der Waals surface area contributed by atoms with E-state index in [4.69, 9.17) is 9.47 Å². The third kappa shape index (κ3) is 2.47. The SMILES string of the molecule is C[P@@]1CCOC[C@@H]1[C@H]1COCC[P@]1C. The van der Waals surface area contributed by atoms with Crippen LogP contribution < -0.4 is 0 Å². The quantitative estimate of drug-likeness (QED) is 0.646. The zero-order valence-corrected chi connectivity index (χ0v) is 10.9. The molecule has 0 aromatic heterocycles. The van der Waals surface area contributed by atoms with Crippen molar-refractivity contribution >= 4 is 15.8 Å². The maximum Gasteiger partial charge on any atom is 0.0540 e. The maximum absolute atomic E-state index is 5.63. The summed E-state index contributed by atoms with van der Waals surface area (Å²) in [5, 5.41) is 0. The highest BCUT2D eigenvalue weighted by Gasteiger charge is 2.34. The predicted octanol–water partition coefficient (Wildman–Crippen LogP) is 2.01. The molecule has 2 aliphatic rings. The summed E-state index contributed by atoms with van der Waals surface area (Å²) in [6.07, 6.45) is 2.61. The summed E-state index contributed by atoms with van der Waals surface area (Å²) >= 11 is 0.